The number of halogens is 1. The van der Waals surface area contributed by atoms with E-state index in [0.717, 1.165) is 35.6 Å². The number of hydrogen-bond acceptors (Lipinski definition) is 2. The van der Waals surface area contributed by atoms with Crippen molar-refractivity contribution in [3.63, 3.8) is 0 Å². The van der Waals surface area contributed by atoms with Crippen molar-refractivity contribution in [3.8, 4) is 5.75 Å². The lowest BCUT2D eigenvalue weighted by Gasteiger charge is -2.26. The molecular weight excluding hydrogens is 282 g/mol. The molecule has 0 saturated heterocycles. The van der Waals surface area contributed by atoms with E-state index >= 15 is 0 Å². The fourth-order valence-electron chi connectivity index (χ4n) is 3.18. The van der Waals surface area contributed by atoms with Crippen molar-refractivity contribution in [2.24, 2.45) is 5.73 Å². The van der Waals surface area contributed by atoms with Crippen LogP contribution in [0.15, 0.2) is 36.4 Å². The van der Waals surface area contributed by atoms with Crippen LogP contribution >= 0.6 is 11.6 Å². The van der Waals surface area contributed by atoms with Gasteiger partial charge in [0.1, 0.15) is 5.75 Å². The predicted molar refractivity (Wildman–Crippen MR) is 87.1 cm³/mol. The van der Waals surface area contributed by atoms with Crippen LogP contribution in [0.1, 0.15) is 28.7 Å². The Morgan fingerprint density at radius 3 is 2.76 bits per heavy atom. The molecular formula is C18H20ClNO. The molecule has 0 aromatic heterocycles. The molecule has 2 nitrogen and oxygen atoms in total. The van der Waals surface area contributed by atoms with Gasteiger partial charge in [0.15, 0.2) is 0 Å². The molecule has 3 heteroatoms. The molecule has 21 heavy (non-hydrogen) atoms. The first-order chi connectivity index (χ1) is 10.0. The minimum Gasteiger partial charge on any atom is -0.497 e. The Kier molecular flexibility index (Phi) is 3.68. The van der Waals surface area contributed by atoms with Gasteiger partial charge in [0.25, 0.3) is 0 Å². The van der Waals surface area contributed by atoms with E-state index < -0.39 is 0 Å². The third-order valence-electron chi connectivity index (χ3n) is 4.41. The van der Waals surface area contributed by atoms with Crippen LogP contribution in [0.4, 0.5) is 0 Å². The second-order valence-electron chi connectivity index (χ2n) is 5.95. The van der Waals surface area contributed by atoms with E-state index in [1.54, 1.807) is 7.11 Å². The average Bonchev–Trinajstić information content (AvgIpc) is 2.79. The van der Waals surface area contributed by atoms with Crippen molar-refractivity contribution in [2.45, 2.75) is 31.7 Å². The van der Waals surface area contributed by atoms with E-state index in [-0.39, 0.29) is 5.54 Å². The van der Waals surface area contributed by atoms with E-state index in [1.165, 1.54) is 16.7 Å². The van der Waals surface area contributed by atoms with Gasteiger partial charge in [-0.25, -0.2) is 0 Å². The van der Waals surface area contributed by atoms with Crippen molar-refractivity contribution < 1.29 is 4.74 Å². The molecule has 1 atom stereocenters. The van der Waals surface area contributed by atoms with Gasteiger partial charge in [-0.15, -0.1) is 0 Å². The van der Waals surface area contributed by atoms with Crippen LogP contribution in [0.2, 0.25) is 5.02 Å². The highest BCUT2D eigenvalue weighted by atomic mass is 35.5. The summed E-state index contributed by atoms with van der Waals surface area (Å²) in [4.78, 5) is 0. The topological polar surface area (TPSA) is 35.2 Å². The van der Waals surface area contributed by atoms with Crippen molar-refractivity contribution in [3.05, 3.63) is 63.7 Å². The zero-order valence-electron chi connectivity index (χ0n) is 12.4. The van der Waals surface area contributed by atoms with E-state index in [4.69, 9.17) is 22.1 Å². The van der Waals surface area contributed by atoms with Gasteiger partial charge in [0.05, 0.1) is 7.11 Å². The third-order valence-corrected chi connectivity index (χ3v) is 4.76. The van der Waals surface area contributed by atoms with E-state index in [1.807, 2.05) is 19.1 Å². The minimum absolute atomic E-state index is 0.358. The Morgan fingerprint density at radius 2 is 2.05 bits per heavy atom. The van der Waals surface area contributed by atoms with Crippen molar-refractivity contribution in [1.82, 2.24) is 0 Å². The highest BCUT2D eigenvalue weighted by molar-refractivity contribution is 6.31. The van der Waals surface area contributed by atoms with Gasteiger partial charge in [-0.1, -0.05) is 29.8 Å². The van der Waals surface area contributed by atoms with Gasteiger partial charge in [-0.2, -0.15) is 0 Å². The van der Waals surface area contributed by atoms with Gasteiger partial charge >= 0.3 is 0 Å². The summed E-state index contributed by atoms with van der Waals surface area (Å²) >= 11 is 6.38. The average molecular weight is 302 g/mol. The standard InChI is InChI=1S/C18H20ClNO/c1-12-3-4-14(17(19)9-12)11-18(20)8-7-13-5-6-15(21-2)10-16(13)18/h3-6,9-10H,7-8,11,20H2,1-2H3. The summed E-state index contributed by atoms with van der Waals surface area (Å²) in [7, 11) is 1.69. The summed E-state index contributed by atoms with van der Waals surface area (Å²) < 4.78 is 5.34. The molecule has 2 aromatic carbocycles. The Balaban J connectivity index is 1.96. The predicted octanol–water partition coefficient (Wildman–Crippen LogP) is 4.00. The smallest absolute Gasteiger partial charge is 0.119 e. The molecule has 0 bridgehead atoms. The number of nitrogens with two attached hydrogens (primary N) is 1. The minimum atomic E-state index is -0.358. The summed E-state index contributed by atoms with van der Waals surface area (Å²) in [6.45, 7) is 2.05. The van der Waals surface area contributed by atoms with Crippen LogP contribution in [0.25, 0.3) is 0 Å². The molecule has 1 aliphatic rings. The number of benzene rings is 2. The summed E-state index contributed by atoms with van der Waals surface area (Å²) in [6.07, 6.45) is 2.71. The van der Waals surface area contributed by atoms with E-state index in [9.17, 15) is 0 Å². The van der Waals surface area contributed by atoms with Crippen molar-refractivity contribution in [2.75, 3.05) is 7.11 Å². The van der Waals surface area contributed by atoms with Gasteiger partial charge in [0.2, 0.25) is 0 Å². The van der Waals surface area contributed by atoms with Gasteiger partial charge in [0, 0.05) is 10.6 Å². The first-order valence-electron chi connectivity index (χ1n) is 7.23. The fraction of sp³-hybridized carbons (Fsp3) is 0.333. The number of ether oxygens (including phenoxy) is 1. The highest BCUT2D eigenvalue weighted by Crippen LogP contribution is 2.40. The summed E-state index contributed by atoms with van der Waals surface area (Å²) in [5.74, 6) is 0.862. The van der Waals surface area contributed by atoms with Gasteiger partial charge < -0.3 is 10.5 Å². The Hall–Kier alpha value is -1.51. The Bertz CT molecular complexity index is 683. The first kappa shape index (κ1) is 14.4. The lowest BCUT2D eigenvalue weighted by Crippen LogP contribution is -2.36. The molecule has 0 heterocycles. The first-order valence-corrected chi connectivity index (χ1v) is 7.61. The molecule has 0 radical (unpaired) electrons. The van der Waals surface area contributed by atoms with Gasteiger partial charge in [-0.3, -0.25) is 0 Å². The number of methoxy groups -OCH3 is 1. The lowest BCUT2D eigenvalue weighted by atomic mass is 9.86. The normalized spacial score (nSPS) is 20.4. The number of aryl methyl sites for hydroxylation is 2. The molecule has 2 N–H and O–H groups in total. The highest BCUT2D eigenvalue weighted by Gasteiger charge is 2.35. The fourth-order valence-corrected chi connectivity index (χ4v) is 3.48. The van der Waals surface area contributed by atoms with Crippen LogP contribution in [-0.2, 0) is 18.4 Å². The zero-order chi connectivity index (χ0) is 15.0. The summed E-state index contributed by atoms with van der Waals surface area (Å²) in [5.41, 5.74) is 11.2. The Morgan fingerprint density at radius 1 is 1.24 bits per heavy atom. The third kappa shape index (κ3) is 2.66. The molecule has 1 unspecified atom stereocenters. The molecule has 1 aliphatic carbocycles. The molecule has 3 rings (SSSR count). The maximum absolute atomic E-state index is 6.72. The monoisotopic (exact) mass is 301 g/mol. The maximum atomic E-state index is 6.72. The molecule has 0 spiro atoms. The Labute approximate surface area is 130 Å². The number of rotatable bonds is 3. The summed E-state index contributed by atoms with van der Waals surface area (Å²) in [5, 5.41) is 0.802. The molecule has 0 aliphatic heterocycles. The quantitative estimate of drug-likeness (QED) is 0.930. The number of hydrogen-bond donors (Lipinski definition) is 1. The molecule has 0 fully saturated rings. The molecule has 0 saturated carbocycles. The van der Waals surface area contributed by atoms with Crippen LogP contribution in [0, 0.1) is 6.92 Å². The molecule has 2 aromatic rings. The maximum Gasteiger partial charge on any atom is 0.119 e. The zero-order valence-corrected chi connectivity index (χ0v) is 13.2. The SMILES string of the molecule is COc1ccc2c(c1)C(N)(Cc1ccc(C)cc1Cl)CC2. The van der Waals surface area contributed by atoms with Crippen LogP contribution in [0.3, 0.4) is 0 Å². The largest absolute Gasteiger partial charge is 0.497 e. The van der Waals surface area contributed by atoms with Crippen LogP contribution in [-0.4, -0.2) is 7.11 Å². The van der Waals surface area contributed by atoms with Crippen molar-refractivity contribution >= 4 is 11.6 Å². The van der Waals surface area contributed by atoms with Gasteiger partial charge in [-0.05, 0) is 66.6 Å². The van der Waals surface area contributed by atoms with Crippen LogP contribution in [0.5, 0.6) is 5.75 Å². The van der Waals surface area contributed by atoms with E-state index in [2.05, 4.69) is 24.3 Å². The van der Waals surface area contributed by atoms with E-state index in [0.29, 0.717) is 0 Å². The number of fused-ring (bicyclic) bond motifs is 1. The second-order valence-corrected chi connectivity index (χ2v) is 6.36. The van der Waals surface area contributed by atoms with Crippen LogP contribution < -0.4 is 10.5 Å². The second kappa shape index (κ2) is 5.36. The van der Waals surface area contributed by atoms with Crippen molar-refractivity contribution in [1.29, 1.82) is 0 Å². The lowest BCUT2D eigenvalue weighted by molar-refractivity contribution is 0.407. The molecule has 0 amide bonds. The molecule has 110 valence electrons. The summed E-state index contributed by atoms with van der Waals surface area (Å²) in [6, 6.07) is 12.4.